The van der Waals surface area contributed by atoms with Gasteiger partial charge in [0.1, 0.15) is 12.4 Å². The van der Waals surface area contributed by atoms with Gasteiger partial charge >= 0.3 is 0 Å². The molecule has 0 bridgehead atoms. The summed E-state index contributed by atoms with van der Waals surface area (Å²) in [6.45, 7) is 0.902. The summed E-state index contributed by atoms with van der Waals surface area (Å²) >= 11 is 11.8. The van der Waals surface area contributed by atoms with Crippen molar-refractivity contribution in [3.63, 3.8) is 0 Å². The van der Waals surface area contributed by atoms with Gasteiger partial charge in [0.2, 0.25) is 5.91 Å². The maximum absolute atomic E-state index is 12.0. The molecule has 3 rings (SSSR count). The lowest BCUT2D eigenvalue weighted by Crippen LogP contribution is -2.20. The molecule has 0 aromatic heterocycles. The Hall–Kier alpha value is -2.75. The summed E-state index contributed by atoms with van der Waals surface area (Å²) in [6, 6.07) is 22.5. The third-order valence-electron chi connectivity index (χ3n) is 3.98. The van der Waals surface area contributed by atoms with Gasteiger partial charge in [0, 0.05) is 22.7 Å². The normalized spacial score (nSPS) is 10.8. The van der Waals surface area contributed by atoms with E-state index in [1.54, 1.807) is 18.2 Å². The monoisotopic (exact) mass is 411 g/mol. The third kappa shape index (κ3) is 6.45. The minimum atomic E-state index is -0.156. The SMILES string of the molecule is O=C(C=Cc1ccc(OCc2cccc(Cl)c2)cc1)NCc1ccc(Cl)cc1. The van der Waals surface area contributed by atoms with Gasteiger partial charge in [-0.3, -0.25) is 4.79 Å². The van der Waals surface area contributed by atoms with Gasteiger partial charge < -0.3 is 10.1 Å². The standard InChI is InChI=1S/C23H19Cl2NO2/c24-20-9-4-18(5-10-20)15-26-23(27)13-8-17-6-11-22(12-7-17)28-16-19-2-1-3-21(25)14-19/h1-14H,15-16H2,(H,26,27). The number of rotatable bonds is 7. The number of benzene rings is 3. The molecule has 0 heterocycles. The van der Waals surface area contributed by atoms with Crippen molar-refractivity contribution < 1.29 is 9.53 Å². The van der Waals surface area contributed by atoms with Crippen LogP contribution < -0.4 is 10.1 Å². The molecule has 0 radical (unpaired) electrons. The summed E-state index contributed by atoms with van der Waals surface area (Å²) in [7, 11) is 0. The van der Waals surface area contributed by atoms with Crippen LogP contribution in [0.25, 0.3) is 6.08 Å². The molecule has 3 aromatic rings. The highest BCUT2D eigenvalue weighted by Gasteiger charge is 1.99. The molecular formula is C23H19Cl2NO2. The van der Waals surface area contributed by atoms with Gasteiger partial charge in [-0.2, -0.15) is 0 Å². The first-order valence-corrected chi connectivity index (χ1v) is 9.52. The average molecular weight is 412 g/mol. The predicted octanol–water partition coefficient (Wildman–Crippen LogP) is 5.90. The van der Waals surface area contributed by atoms with Crippen LogP contribution in [0.4, 0.5) is 0 Å². The van der Waals surface area contributed by atoms with Gasteiger partial charge in [0.25, 0.3) is 0 Å². The number of carbonyl (C=O) groups is 1. The maximum Gasteiger partial charge on any atom is 0.244 e. The zero-order chi connectivity index (χ0) is 19.8. The molecule has 0 aliphatic heterocycles. The Bertz CT molecular complexity index is 951. The van der Waals surface area contributed by atoms with E-state index in [9.17, 15) is 4.79 Å². The molecular weight excluding hydrogens is 393 g/mol. The van der Waals surface area contributed by atoms with Crippen LogP contribution in [0, 0.1) is 0 Å². The van der Waals surface area contributed by atoms with Crippen LogP contribution in [-0.2, 0) is 17.9 Å². The summed E-state index contributed by atoms with van der Waals surface area (Å²) in [4.78, 5) is 12.0. The van der Waals surface area contributed by atoms with E-state index < -0.39 is 0 Å². The first-order valence-electron chi connectivity index (χ1n) is 8.76. The number of amides is 1. The molecule has 28 heavy (non-hydrogen) atoms. The van der Waals surface area contributed by atoms with E-state index in [0.717, 1.165) is 22.4 Å². The van der Waals surface area contributed by atoms with E-state index in [-0.39, 0.29) is 5.91 Å². The lowest BCUT2D eigenvalue weighted by atomic mass is 10.2. The second-order valence-corrected chi connectivity index (χ2v) is 7.04. The molecule has 0 aliphatic rings. The Kier molecular flexibility index (Phi) is 7.12. The van der Waals surface area contributed by atoms with Gasteiger partial charge in [-0.05, 0) is 59.2 Å². The van der Waals surface area contributed by atoms with E-state index in [4.69, 9.17) is 27.9 Å². The first kappa shape index (κ1) is 20.0. The minimum absolute atomic E-state index is 0.156. The number of carbonyl (C=O) groups excluding carboxylic acids is 1. The Morgan fingerprint density at radius 2 is 1.64 bits per heavy atom. The van der Waals surface area contributed by atoms with Crippen molar-refractivity contribution in [3.05, 3.63) is 106 Å². The lowest BCUT2D eigenvalue weighted by molar-refractivity contribution is -0.116. The third-order valence-corrected chi connectivity index (χ3v) is 4.47. The Balaban J connectivity index is 1.47. The number of nitrogens with one attached hydrogen (secondary N) is 1. The van der Waals surface area contributed by atoms with E-state index in [1.807, 2.05) is 60.7 Å². The van der Waals surface area contributed by atoms with Crippen molar-refractivity contribution >= 4 is 35.2 Å². The van der Waals surface area contributed by atoms with Crippen LogP contribution in [0.15, 0.2) is 78.9 Å². The number of ether oxygens (including phenoxy) is 1. The molecule has 0 saturated carbocycles. The van der Waals surface area contributed by atoms with Crippen LogP contribution in [0.1, 0.15) is 16.7 Å². The molecule has 5 heteroatoms. The largest absolute Gasteiger partial charge is 0.489 e. The van der Waals surface area contributed by atoms with Crippen LogP contribution in [-0.4, -0.2) is 5.91 Å². The molecule has 0 atom stereocenters. The van der Waals surface area contributed by atoms with Crippen LogP contribution in [0.3, 0.4) is 0 Å². The first-order chi connectivity index (χ1) is 13.6. The van der Waals surface area contributed by atoms with Crippen molar-refractivity contribution in [3.8, 4) is 5.75 Å². The quantitative estimate of drug-likeness (QED) is 0.491. The minimum Gasteiger partial charge on any atom is -0.489 e. The maximum atomic E-state index is 12.0. The molecule has 0 saturated heterocycles. The zero-order valence-electron chi connectivity index (χ0n) is 15.1. The van der Waals surface area contributed by atoms with E-state index >= 15 is 0 Å². The highest BCUT2D eigenvalue weighted by atomic mass is 35.5. The fourth-order valence-electron chi connectivity index (χ4n) is 2.49. The topological polar surface area (TPSA) is 38.3 Å². The van der Waals surface area contributed by atoms with E-state index in [0.29, 0.717) is 23.2 Å². The molecule has 0 fully saturated rings. The van der Waals surface area contributed by atoms with Gasteiger partial charge in [-0.15, -0.1) is 0 Å². The molecule has 1 amide bonds. The Morgan fingerprint density at radius 1 is 0.893 bits per heavy atom. The molecule has 1 N–H and O–H groups in total. The van der Waals surface area contributed by atoms with Crippen molar-refractivity contribution in [1.29, 1.82) is 0 Å². The lowest BCUT2D eigenvalue weighted by Gasteiger charge is -2.07. The second-order valence-electron chi connectivity index (χ2n) is 6.17. The van der Waals surface area contributed by atoms with Crippen LogP contribution in [0.5, 0.6) is 5.75 Å². The molecule has 0 spiro atoms. The molecule has 142 valence electrons. The highest BCUT2D eigenvalue weighted by Crippen LogP contribution is 2.17. The molecule has 0 unspecified atom stereocenters. The van der Waals surface area contributed by atoms with Crippen LogP contribution in [0.2, 0.25) is 10.0 Å². The zero-order valence-corrected chi connectivity index (χ0v) is 16.6. The molecule has 3 nitrogen and oxygen atoms in total. The van der Waals surface area contributed by atoms with Crippen molar-refractivity contribution in [1.82, 2.24) is 5.32 Å². The fourth-order valence-corrected chi connectivity index (χ4v) is 2.83. The van der Waals surface area contributed by atoms with E-state index in [2.05, 4.69) is 5.32 Å². The van der Waals surface area contributed by atoms with Crippen molar-refractivity contribution in [2.24, 2.45) is 0 Å². The smallest absolute Gasteiger partial charge is 0.244 e. The summed E-state index contributed by atoms with van der Waals surface area (Å²) in [5, 5.41) is 4.21. The summed E-state index contributed by atoms with van der Waals surface area (Å²) in [6.07, 6.45) is 3.27. The number of hydrogen-bond donors (Lipinski definition) is 1. The van der Waals surface area contributed by atoms with Gasteiger partial charge in [0.15, 0.2) is 0 Å². The van der Waals surface area contributed by atoms with Gasteiger partial charge in [-0.1, -0.05) is 59.6 Å². The van der Waals surface area contributed by atoms with Crippen molar-refractivity contribution in [2.75, 3.05) is 0 Å². The molecule has 3 aromatic carbocycles. The predicted molar refractivity (Wildman–Crippen MR) is 115 cm³/mol. The number of hydrogen-bond acceptors (Lipinski definition) is 2. The number of halogens is 2. The van der Waals surface area contributed by atoms with Crippen LogP contribution >= 0.6 is 23.2 Å². The Labute approximate surface area is 174 Å². The summed E-state index contributed by atoms with van der Waals surface area (Å²) in [5.41, 5.74) is 2.91. The Morgan fingerprint density at radius 3 is 2.36 bits per heavy atom. The summed E-state index contributed by atoms with van der Waals surface area (Å²) < 4.78 is 5.75. The van der Waals surface area contributed by atoms with Gasteiger partial charge in [0.05, 0.1) is 0 Å². The second kappa shape index (κ2) is 9.98. The van der Waals surface area contributed by atoms with E-state index in [1.165, 1.54) is 6.08 Å². The highest BCUT2D eigenvalue weighted by molar-refractivity contribution is 6.30. The average Bonchev–Trinajstić information content (AvgIpc) is 2.71. The van der Waals surface area contributed by atoms with Crippen molar-refractivity contribution in [2.45, 2.75) is 13.2 Å². The summed E-state index contributed by atoms with van der Waals surface area (Å²) in [5.74, 6) is 0.598. The molecule has 0 aliphatic carbocycles. The fraction of sp³-hybridized carbons (Fsp3) is 0.0870. The van der Waals surface area contributed by atoms with Gasteiger partial charge in [-0.25, -0.2) is 0 Å².